The summed E-state index contributed by atoms with van der Waals surface area (Å²) in [5.41, 5.74) is 11.6. The molecular weight excluding hydrogens is 428 g/mol. The molecule has 1 aliphatic carbocycles. The van der Waals surface area contributed by atoms with E-state index in [1.54, 1.807) is 26.0 Å². The van der Waals surface area contributed by atoms with Crippen LogP contribution in [0.5, 0.6) is 0 Å². The Morgan fingerprint density at radius 3 is 2.09 bits per heavy atom. The van der Waals surface area contributed by atoms with E-state index in [-0.39, 0.29) is 18.6 Å². The zero-order valence-electron chi connectivity index (χ0n) is 19.5. The van der Waals surface area contributed by atoms with E-state index in [4.69, 9.17) is 10.5 Å². The van der Waals surface area contributed by atoms with Crippen LogP contribution in [0.4, 0.5) is 10.5 Å². The van der Waals surface area contributed by atoms with Gasteiger partial charge in [0.05, 0.1) is 5.41 Å². The lowest BCUT2D eigenvalue weighted by atomic mass is 9.84. The van der Waals surface area contributed by atoms with Crippen LogP contribution < -0.4 is 11.1 Å². The molecule has 0 saturated heterocycles. The minimum Gasteiger partial charge on any atom is -0.481 e. The maximum Gasteiger partial charge on any atom is 0.411 e. The first-order valence-electron chi connectivity index (χ1n) is 11.4. The van der Waals surface area contributed by atoms with Crippen molar-refractivity contribution in [2.75, 3.05) is 11.9 Å². The van der Waals surface area contributed by atoms with Gasteiger partial charge in [0.15, 0.2) is 0 Å². The highest BCUT2D eigenvalue weighted by Crippen LogP contribution is 2.44. The number of carboxylic acid groups (broad SMARTS) is 1. The van der Waals surface area contributed by atoms with Crippen molar-refractivity contribution in [2.24, 2.45) is 11.1 Å². The number of amides is 1. The van der Waals surface area contributed by atoms with Crippen molar-refractivity contribution in [2.45, 2.75) is 38.6 Å². The fourth-order valence-corrected chi connectivity index (χ4v) is 4.59. The van der Waals surface area contributed by atoms with E-state index >= 15 is 0 Å². The first-order chi connectivity index (χ1) is 16.2. The van der Waals surface area contributed by atoms with Crippen LogP contribution in [0.2, 0.25) is 0 Å². The monoisotopic (exact) mass is 458 g/mol. The molecule has 0 aromatic heterocycles. The average molecular weight is 459 g/mol. The van der Waals surface area contributed by atoms with Crippen LogP contribution in [0.25, 0.3) is 11.1 Å². The van der Waals surface area contributed by atoms with Crippen molar-refractivity contribution in [3.05, 3.63) is 89.5 Å². The molecule has 0 fully saturated rings. The minimum atomic E-state index is -0.870. The van der Waals surface area contributed by atoms with Crippen molar-refractivity contribution in [3.63, 3.8) is 0 Å². The van der Waals surface area contributed by atoms with Crippen molar-refractivity contribution in [1.82, 2.24) is 0 Å². The average Bonchev–Trinajstić information content (AvgIpc) is 3.12. The third-order valence-corrected chi connectivity index (χ3v) is 6.39. The summed E-state index contributed by atoms with van der Waals surface area (Å²) in [6.45, 7) is 3.61. The molecule has 3 aromatic carbocycles. The lowest BCUT2D eigenvalue weighted by Gasteiger charge is -2.23. The molecule has 176 valence electrons. The summed E-state index contributed by atoms with van der Waals surface area (Å²) in [7, 11) is 0. The number of nitrogens with two attached hydrogens (primary N) is 1. The Labute approximate surface area is 199 Å². The van der Waals surface area contributed by atoms with E-state index in [0.717, 1.165) is 5.56 Å². The number of benzene rings is 3. The number of rotatable bonds is 8. The van der Waals surface area contributed by atoms with E-state index in [0.29, 0.717) is 18.5 Å². The molecule has 34 heavy (non-hydrogen) atoms. The molecule has 0 spiro atoms. The van der Waals surface area contributed by atoms with Gasteiger partial charge in [0.1, 0.15) is 6.61 Å². The molecule has 6 heteroatoms. The zero-order valence-corrected chi connectivity index (χ0v) is 19.5. The second-order valence-electron chi connectivity index (χ2n) is 9.50. The molecule has 1 unspecified atom stereocenters. The van der Waals surface area contributed by atoms with Gasteiger partial charge >= 0.3 is 12.1 Å². The third kappa shape index (κ3) is 5.13. The molecule has 0 aliphatic heterocycles. The number of nitrogens with one attached hydrogen (secondary N) is 1. The van der Waals surface area contributed by atoms with Crippen molar-refractivity contribution < 1.29 is 19.4 Å². The Kier molecular flexibility index (Phi) is 6.70. The Bertz CT molecular complexity index is 1140. The molecule has 1 aliphatic rings. The second kappa shape index (κ2) is 9.69. The van der Waals surface area contributed by atoms with Crippen LogP contribution in [-0.4, -0.2) is 29.8 Å². The number of ether oxygens (including phenoxy) is 1. The minimum absolute atomic E-state index is 0.0112. The van der Waals surface area contributed by atoms with Crippen LogP contribution in [0, 0.1) is 5.41 Å². The summed E-state index contributed by atoms with van der Waals surface area (Å²) in [6, 6.07) is 23.5. The number of aliphatic carboxylic acids is 1. The number of carbonyl (C=O) groups is 2. The van der Waals surface area contributed by atoms with E-state index in [1.165, 1.54) is 22.3 Å². The number of carboxylic acids is 1. The zero-order chi connectivity index (χ0) is 24.3. The first-order valence-corrected chi connectivity index (χ1v) is 11.4. The second-order valence-corrected chi connectivity index (χ2v) is 9.50. The lowest BCUT2D eigenvalue weighted by Crippen LogP contribution is -2.34. The Morgan fingerprint density at radius 2 is 1.53 bits per heavy atom. The molecular formula is C28H30N2O4. The Hall–Kier alpha value is -3.64. The van der Waals surface area contributed by atoms with Crippen molar-refractivity contribution in [3.8, 4) is 11.1 Å². The van der Waals surface area contributed by atoms with Crippen LogP contribution in [0.3, 0.4) is 0 Å². The SMILES string of the molecule is CC(C)(CC(N)Cc1ccc(NC(=O)OCC2c3ccccc3-c3ccccc32)cc1)C(=O)O. The molecule has 0 radical (unpaired) electrons. The van der Waals surface area contributed by atoms with Gasteiger partial charge in [0.2, 0.25) is 0 Å². The number of hydrogen-bond donors (Lipinski definition) is 3. The lowest BCUT2D eigenvalue weighted by molar-refractivity contribution is -0.147. The topological polar surface area (TPSA) is 102 Å². The van der Waals surface area contributed by atoms with Crippen molar-refractivity contribution in [1.29, 1.82) is 0 Å². The van der Waals surface area contributed by atoms with E-state index in [2.05, 4.69) is 29.6 Å². The van der Waals surface area contributed by atoms with E-state index < -0.39 is 17.5 Å². The third-order valence-electron chi connectivity index (χ3n) is 6.39. The number of anilines is 1. The molecule has 1 atom stereocenters. The van der Waals surface area contributed by atoms with E-state index in [9.17, 15) is 14.7 Å². The van der Waals surface area contributed by atoms with Gasteiger partial charge in [-0.3, -0.25) is 10.1 Å². The summed E-state index contributed by atoms with van der Waals surface area (Å²) in [6.07, 6.45) is 0.429. The molecule has 4 N–H and O–H groups in total. The van der Waals surface area contributed by atoms with Gasteiger partial charge in [0, 0.05) is 17.6 Å². The van der Waals surface area contributed by atoms with E-state index in [1.807, 2.05) is 36.4 Å². The van der Waals surface area contributed by atoms with Crippen LogP contribution >= 0.6 is 0 Å². The molecule has 3 aromatic rings. The Morgan fingerprint density at radius 1 is 0.971 bits per heavy atom. The number of carbonyl (C=O) groups excluding carboxylic acids is 1. The fraction of sp³-hybridized carbons (Fsp3) is 0.286. The van der Waals surface area contributed by atoms with Gasteiger partial charge in [-0.15, -0.1) is 0 Å². The highest BCUT2D eigenvalue weighted by atomic mass is 16.5. The molecule has 1 amide bonds. The highest BCUT2D eigenvalue weighted by molar-refractivity contribution is 5.85. The van der Waals surface area contributed by atoms with Crippen LogP contribution in [0.15, 0.2) is 72.8 Å². The molecule has 0 saturated carbocycles. The maximum atomic E-state index is 12.5. The van der Waals surface area contributed by atoms with Crippen molar-refractivity contribution >= 4 is 17.7 Å². The fourth-order valence-electron chi connectivity index (χ4n) is 4.59. The van der Waals surface area contributed by atoms with Gasteiger partial charge in [-0.05, 0) is 66.6 Å². The predicted molar refractivity (Wildman–Crippen MR) is 133 cm³/mol. The summed E-state index contributed by atoms with van der Waals surface area (Å²) in [5.74, 6) is -0.845. The van der Waals surface area contributed by atoms with Gasteiger partial charge < -0.3 is 15.6 Å². The predicted octanol–water partition coefficient (Wildman–Crippen LogP) is 5.42. The summed E-state index contributed by atoms with van der Waals surface area (Å²) in [4.78, 5) is 23.8. The van der Waals surface area contributed by atoms with Crippen LogP contribution in [0.1, 0.15) is 42.9 Å². The molecule has 0 heterocycles. The first kappa shape index (κ1) is 23.5. The largest absolute Gasteiger partial charge is 0.481 e. The van der Waals surface area contributed by atoms with Crippen LogP contribution in [-0.2, 0) is 16.0 Å². The summed E-state index contributed by atoms with van der Waals surface area (Å²) >= 11 is 0. The van der Waals surface area contributed by atoms with Gasteiger partial charge in [-0.2, -0.15) is 0 Å². The smallest absolute Gasteiger partial charge is 0.411 e. The maximum absolute atomic E-state index is 12.5. The molecule has 6 nitrogen and oxygen atoms in total. The number of hydrogen-bond acceptors (Lipinski definition) is 4. The highest BCUT2D eigenvalue weighted by Gasteiger charge is 2.30. The van der Waals surface area contributed by atoms with Gasteiger partial charge in [-0.25, -0.2) is 4.79 Å². The van der Waals surface area contributed by atoms with Gasteiger partial charge in [0.25, 0.3) is 0 Å². The molecule has 4 rings (SSSR count). The summed E-state index contributed by atoms with van der Waals surface area (Å²) in [5, 5.41) is 12.1. The molecule has 0 bridgehead atoms. The quantitative estimate of drug-likeness (QED) is 0.418. The Balaban J connectivity index is 1.32. The summed E-state index contributed by atoms with van der Waals surface area (Å²) < 4.78 is 5.59. The standard InChI is InChI=1S/C28H30N2O4/c1-28(2,26(31)32)16-19(29)15-18-11-13-20(14-12-18)30-27(33)34-17-25-23-9-5-3-7-21(23)22-8-4-6-10-24(22)25/h3-14,19,25H,15-17,29H2,1-2H3,(H,30,33)(H,31,32). The number of fused-ring (bicyclic) bond motifs is 3. The van der Waals surface area contributed by atoms with Gasteiger partial charge in [-0.1, -0.05) is 60.7 Å². The normalized spacial score (nSPS) is 13.6.